The maximum Gasteiger partial charge on any atom is 0.241 e. The van der Waals surface area contributed by atoms with Crippen LogP contribution in [0.4, 0.5) is 0 Å². The molecule has 3 N–H and O–H groups in total. The first-order valence-electron chi connectivity index (χ1n) is 6.54. The van der Waals surface area contributed by atoms with Gasteiger partial charge in [-0.25, -0.2) is 0 Å². The Morgan fingerprint density at radius 3 is 2.37 bits per heavy atom. The third kappa shape index (κ3) is 5.37. The summed E-state index contributed by atoms with van der Waals surface area (Å²) in [5.74, 6) is -0.201. The Hall–Kier alpha value is -0.810. The zero-order valence-electron chi connectivity index (χ0n) is 12.2. The number of nitrogens with two attached hydrogens (primary N) is 1. The van der Waals surface area contributed by atoms with Crippen LogP contribution < -0.4 is 11.1 Å². The van der Waals surface area contributed by atoms with Gasteiger partial charge in [-0.2, -0.15) is 0 Å². The van der Waals surface area contributed by atoms with E-state index in [1.54, 1.807) is 4.90 Å². The fourth-order valence-corrected chi connectivity index (χ4v) is 2.02. The lowest BCUT2D eigenvalue weighted by Crippen LogP contribution is -2.47. The smallest absolute Gasteiger partial charge is 0.241 e. The summed E-state index contributed by atoms with van der Waals surface area (Å²) in [6.07, 6.45) is 1.01. The Morgan fingerprint density at radius 1 is 1.37 bits per heavy atom. The quantitative estimate of drug-likeness (QED) is 0.803. The third-order valence-corrected chi connectivity index (χ3v) is 3.46. The minimum Gasteiger partial charge on any atom is -0.346 e. The van der Waals surface area contributed by atoms with Crippen molar-refractivity contribution in [3.05, 3.63) is 0 Å². The standard InChI is InChI=1S/C13H25N3O2.ClH/c1-9(2)11(14)12(18)15-7-10(17)16-6-5-13(3,4)8-16;/h9,11H,5-8,14H2,1-4H3,(H,15,18);1H/t11-;/m0./s1. The third-order valence-electron chi connectivity index (χ3n) is 3.46. The second-order valence-corrected chi connectivity index (χ2v) is 6.22. The Bertz CT molecular complexity index is 332. The molecule has 112 valence electrons. The van der Waals surface area contributed by atoms with Crippen molar-refractivity contribution < 1.29 is 9.59 Å². The van der Waals surface area contributed by atoms with Crippen LogP contribution in [0.2, 0.25) is 0 Å². The summed E-state index contributed by atoms with van der Waals surface area (Å²) >= 11 is 0. The van der Waals surface area contributed by atoms with Gasteiger partial charge in [0.05, 0.1) is 12.6 Å². The molecule has 0 aromatic carbocycles. The SMILES string of the molecule is CC(C)[C@H](N)C(=O)NCC(=O)N1CCC(C)(C)C1.Cl. The highest BCUT2D eigenvalue weighted by molar-refractivity contribution is 5.87. The van der Waals surface area contributed by atoms with Crippen molar-refractivity contribution in [2.24, 2.45) is 17.1 Å². The summed E-state index contributed by atoms with van der Waals surface area (Å²) in [5, 5.41) is 2.61. The molecule has 19 heavy (non-hydrogen) atoms. The van der Waals surface area contributed by atoms with E-state index in [0.29, 0.717) is 0 Å². The summed E-state index contributed by atoms with van der Waals surface area (Å²) in [6, 6.07) is -0.548. The molecule has 6 heteroatoms. The zero-order chi connectivity index (χ0) is 13.9. The van der Waals surface area contributed by atoms with Crippen molar-refractivity contribution in [3.8, 4) is 0 Å². The minimum atomic E-state index is -0.548. The molecule has 0 aromatic heterocycles. The van der Waals surface area contributed by atoms with E-state index in [1.807, 2.05) is 13.8 Å². The van der Waals surface area contributed by atoms with Gasteiger partial charge >= 0.3 is 0 Å². The van der Waals surface area contributed by atoms with E-state index in [0.717, 1.165) is 19.5 Å². The van der Waals surface area contributed by atoms with Gasteiger partial charge in [0.1, 0.15) is 0 Å². The second-order valence-electron chi connectivity index (χ2n) is 6.22. The van der Waals surface area contributed by atoms with Crippen molar-refractivity contribution in [1.82, 2.24) is 10.2 Å². The molecule has 1 rings (SSSR count). The second kappa shape index (κ2) is 7.10. The van der Waals surface area contributed by atoms with Crippen LogP contribution in [0.3, 0.4) is 0 Å². The van der Waals surface area contributed by atoms with E-state index >= 15 is 0 Å². The number of hydrogen-bond acceptors (Lipinski definition) is 3. The molecule has 0 spiro atoms. The van der Waals surface area contributed by atoms with E-state index in [2.05, 4.69) is 19.2 Å². The number of carbonyl (C=O) groups is 2. The molecule has 1 heterocycles. The molecule has 0 aromatic rings. The van der Waals surface area contributed by atoms with Gasteiger partial charge in [-0.05, 0) is 17.8 Å². The number of rotatable bonds is 4. The van der Waals surface area contributed by atoms with Crippen molar-refractivity contribution in [1.29, 1.82) is 0 Å². The highest BCUT2D eigenvalue weighted by Gasteiger charge is 2.32. The highest BCUT2D eigenvalue weighted by Crippen LogP contribution is 2.28. The molecule has 1 fully saturated rings. The molecule has 1 atom stereocenters. The van der Waals surface area contributed by atoms with Gasteiger partial charge < -0.3 is 16.0 Å². The fourth-order valence-electron chi connectivity index (χ4n) is 2.02. The fraction of sp³-hybridized carbons (Fsp3) is 0.846. The predicted molar refractivity (Wildman–Crippen MR) is 78.0 cm³/mol. The zero-order valence-corrected chi connectivity index (χ0v) is 13.0. The lowest BCUT2D eigenvalue weighted by molar-refractivity contribution is -0.132. The Labute approximate surface area is 121 Å². The van der Waals surface area contributed by atoms with E-state index in [9.17, 15) is 9.59 Å². The predicted octanol–water partition coefficient (Wildman–Crippen LogP) is 0.766. The van der Waals surface area contributed by atoms with Gasteiger partial charge in [0, 0.05) is 13.1 Å². The summed E-state index contributed by atoms with van der Waals surface area (Å²) in [6.45, 7) is 9.65. The molecule has 0 radical (unpaired) electrons. The summed E-state index contributed by atoms with van der Waals surface area (Å²) in [4.78, 5) is 25.3. The molecule has 0 saturated carbocycles. The van der Waals surface area contributed by atoms with Crippen LogP contribution in [0, 0.1) is 11.3 Å². The number of hydrogen-bond donors (Lipinski definition) is 2. The largest absolute Gasteiger partial charge is 0.346 e. The Balaban J connectivity index is 0.00000324. The van der Waals surface area contributed by atoms with Crippen LogP contribution in [-0.4, -0.2) is 42.4 Å². The molecular formula is C13H26ClN3O2. The normalized spacial score (nSPS) is 18.9. The lowest BCUT2D eigenvalue weighted by atomic mass is 9.93. The first kappa shape index (κ1) is 18.2. The minimum absolute atomic E-state index is 0. The van der Waals surface area contributed by atoms with Gasteiger partial charge in [-0.1, -0.05) is 27.7 Å². The number of nitrogens with one attached hydrogen (secondary N) is 1. The van der Waals surface area contributed by atoms with Crippen LogP contribution in [0.25, 0.3) is 0 Å². The monoisotopic (exact) mass is 291 g/mol. The van der Waals surface area contributed by atoms with Gasteiger partial charge in [0.15, 0.2) is 0 Å². The molecule has 0 aliphatic carbocycles. The van der Waals surface area contributed by atoms with Gasteiger partial charge in [0.25, 0.3) is 0 Å². The van der Waals surface area contributed by atoms with Crippen LogP contribution in [0.5, 0.6) is 0 Å². The van der Waals surface area contributed by atoms with Crippen LogP contribution >= 0.6 is 12.4 Å². The van der Waals surface area contributed by atoms with Crippen LogP contribution in [-0.2, 0) is 9.59 Å². The van der Waals surface area contributed by atoms with Crippen molar-refractivity contribution in [3.63, 3.8) is 0 Å². The Morgan fingerprint density at radius 2 is 1.95 bits per heavy atom. The van der Waals surface area contributed by atoms with Crippen LogP contribution in [0.1, 0.15) is 34.1 Å². The molecule has 1 saturated heterocycles. The van der Waals surface area contributed by atoms with Crippen molar-refractivity contribution in [2.75, 3.05) is 19.6 Å². The summed E-state index contributed by atoms with van der Waals surface area (Å²) < 4.78 is 0. The van der Waals surface area contributed by atoms with E-state index < -0.39 is 6.04 Å². The van der Waals surface area contributed by atoms with Crippen molar-refractivity contribution >= 4 is 24.2 Å². The molecule has 1 aliphatic heterocycles. The molecule has 0 unspecified atom stereocenters. The molecule has 5 nitrogen and oxygen atoms in total. The first-order chi connectivity index (χ1) is 8.23. The number of likely N-dealkylation sites (tertiary alicyclic amines) is 1. The average molecular weight is 292 g/mol. The van der Waals surface area contributed by atoms with E-state index in [1.165, 1.54) is 0 Å². The number of carbonyl (C=O) groups excluding carboxylic acids is 2. The molecule has 0 bridgehead atoms. The maximum absolute atomic E-state index is 11.9. The first-order valence-corrected chi connectivity index (χ1v) is 6.54. The number of amides is 2. The number of halogens is 1. The topological polar surface area (TPSA) is 75.4 Å². The summed E-state index contributed by atoms with van der Waals surface area (Å²) in [7, 11) is 0. The lowest BCUT2D eigenvalue weighted by Gasteiger charge is -2.21. The molecule has 1 aliphatic rings. The maximum atomic E-state index is 11.9. The van der Waals surface area contributed by atoms with E-state index in [-0.39, 0.29) is 42.1 Å². The van der Waals surface area contributed by atoms with Crippen LogP contribution in [0.15, 0.2) is 0 Å². The number of nitrogens with zero attached hydrogens (tertiary/aromatic N) is 1. The van der Waals surface area contributed by atoms with E-state index in [4.69, 9.17) is 5.73 Å². The highest BCUT2D eigenvalue weighted by atomic mass is 35.5. The average Bonchev–Trinajstić information content (AvgIpc) is 2.64. The van der Waals surface area contributed by atoms with Gasteiger partial charge in [0.2, 0.25) is 11.8 Å². The molecule has 2 amide bonds. The summed E-state index contributed by atoms with van der Waals surface area (Å²) in [5.41, 5.74) is 5.89. The Kier molecular flexibility index (Phi) is 6.80. The van der Waals surface area contributed by atoms with Crippen molar-refractivity contribution in [2.45, 2.75) is 40.2 Å². The van der Waals surface area contributed by atoms with Gasteiger partial charge in [-0.15, -0.1) is 12.4 Å². The molecular weight excluding hydrogens is 266 g/mol. The van der Waals surface area contributed by atoms with Gasteiger partial charge in [-0.3, -0.25) is 9.59 Å².